The Morgan fingerprint density at radius 2 is 2.53 bits per heavy atom. The molecule has 0 aromatic carbocycles. The second-order valence-corrected chi connectivity index (χ2v) is 4.12. The highest BCUT2D eigenvalue weighted by Gasteiger charge is 2.29. The third-order valence-electron chi connectivity index (χ3n) is 2.72. The first-order valence-corrected chi connectivity index (χ1v) is 5.77. The lowest BCUT2D eigenvalue weighted by Gasteiger charge is -2.36. The molecule has 1 aliphatic heterocycles. The minimum atomic E-state index is -0.313. The van der Waals surface area contributed by atoms with Gasteiger partial charge in [0.2, 0.25) is 5.91 Å². The number of ether oxygens (including phenoxy) is 1. The summed E-state index contributed by atoms with van der Waals surface area (Å²) in [6, 6.07) is 3.28. The molecule has 6 heteroatoms. The standard InChI is InChI=1S/C11H14ClN3O2/c1-13-11(16)9-7-17-5-4-15(9)8-2-3-14-10(12)6-8/h2-3,6,9H,4-5,7H2,1H3,(H,13,16). The Hall–Kier alpha value is -1.33. The van der Waals surface area contributed by atoms with Crippen LogP contribution in [0.2, 0.25) is 5.15 Å². The summed E-state index contributed by atoms with van der Waals surface area (Å²) in [5, 5.41) is 3.06. The van der Waals surface area contributed by atoms with E-state index >= 15 is 0 Å². The number of halogens is 1. The smallest absolute Gasteiger partial charge is 0.244 e. The molecule has 1 atom stereocenters. The van der Waals surface area contributed by atoms with Crippen LogP contribution in [0.1, 0.15) is 0 Å². The summed E-state index contributed by atoms with van der Waals surface area (Å²) >= 11 is 5.86. The molecule has 0 spiro atoms. The fourth-order valence-corrected chi connectivity index (χ4v) is 2.04. The van der Waals surface area contributed by atoms with Gasteiger partial charge < -0.3 is 15.0 Å². The maximum Gasteiger partial charge on any atom is 0.244 e. The van der Waals surface area contributed by atoms with Gasteiger partial charge in [0.05, 0.1) is 13.2 Å². The summed E-state index contributed by atoms with van der Waals surface area (Å²) in [6.07, 6.45) is 1.63. The van der Waals surface area contributed by atoms with Gasteiger partial charge in [0.1, 0.15) is 11.2 Å². The van der Waals surface area contributed by atoms with Crippen LogP contribution >= 0.6 is 11.6 Å². The zero-order valence-electron chi connectivity index (χ0n) is 9.52. The van der Waals surface area contributed by atoms with Crippen molar-refractivity contribution in [2.75, 3.05) is 31.7 Å². The molecule has 1 fully saturated rings. The second-order valence-electron chi connectivity index (χ2n) is 3.74. The Balaban J connectivity index is 2.24. The zero-order valence-corrected chi connectivity index (χ0v) is 10.3. The lowest BCUT2D eigenvalue weighted by Crippen LogP contribution is -2.53. The van der Waals surface area contributed by atoms with Crippen LogP contribution in [0.4, 0.5) is 5.69 Å². The summed E-state index contributed by atoms with van der Waals surface area (Å²) in [5.74, 6) is -0.0577. The number of anilines is 1. The molecule has 1 aromatic rings. The SMILES string of the molecule is CNC(=O)C1COCCN1c1ccnc(Cl)c1. The van der Waals surface area contributed by atoms with Crippen molar-refractivity contribution in [3.05, 3.63) is 23.5 Å². The highest BCUT2D eigenvalue weighted by atomic mass is 35.5. The lowest BCUT2D eigenvalue weighted by atomic mass is 10.2. The molecular formula is C11H14ClN3O2. The number of carbonyl (C=O) groups excluding carboxylic acids is 1. The van der Waals surface area contributed by atoms with Gasteiger partial charge in [-0.05, 0) is 12.1 Å². The summed E-state index contributed by atoms with van der Waals surface area (Å²) in [6.45, 7) is 1.66. The van der Waals surface area contributed by atoms with Gasteiger partial charge in [-0.15, -0.1) is 0 Å². The Bertz CT molecular complexity index is 413. The van der Waals surface area contributed by atoms with E-state index in [9.17, 15) is 4.79 Å². The maximum absolute atomic E-state index is 11.8. The first-order valence-electron chi connectivity index (χ1n) is 5.40. The van der Waals surface area contributed by atoms with E-state index in [4.69, 9.17) is 16.3 Å². The van der Waals surface area contributed by atoms with Gasteiger partial charge in [0.25, 0.3) is 0 Å². The number of nitrogens with zero attached hydrogens (tertiary/aromatic N) is 2. The third kappa shape index (κ3) is 2.68. The number of likely N-dealkylation sites (N-methyl/N-ethyl adjacent to an activating group) is 1. The summed E-state index contributed by atoms with van der Waals surface area (Å²) in [7, 11) is 1.62. The van der Waals surface area contributed by atoms with Crippen LogP contribution in [0.15, 0.2) is 18.3 Å². The van der Waals surface area contributed by atoms with Crippen molar-refractivity contribution >= 4 is 23.2 Å². The van der Waals surface area contributed by atoms with E-state index in [2.05, 4.69) is 10.3 Å². The minimum Gasteiger partial charge on any atom is -0.377 e. The van der Waals surface area contributed by atoms with Gasteiger partial charge in [-0.2, -0.15) is 0 Å². The van der Waals surface area contributed by atoms with Crippen LogP contribution in [0, 0.1) is 0 Å². The topological polar surface area (TPSA) is 54.5 Å². The van der Waals surface area contributed by atoms with Crippen LogP contribution in [-0.2, 0) is 9.53 Å². The number of amides is 1. The lowest BCUT2D eigenvalue weighted by molar-refractivity contribution is -0.124. The third-order valence-corrected chi connectivity index (χ3v) is 2.93. The molecule has 92 valence electrons. The van der Waals surface area contributed by atoms with Gasteiger partial charge in [-0.25, -0.2) is 4.98 Å². The van der Waals surface area contributed by atoms with E-state index in [1.807, 2.05) is 11.0 Å². The van der Waals surface area contributed by atoms with Crippen molar-refractivity contribution in [3.63, 3.8) is 0 Å². The van der Waals surface area contributed by atoms with Crippen molar-refractivity contribution in [1.82, 2.24) is 10.3 Å². The molecule has 1 aromatic heterocycles. The van der Waals surface area contributed by atoms with E-state index in [1.165, 1.54) is 0 Å². The van der Waals surface area contributed by atoms with Crippen LogP contribution < -0.4 is 10.2 Å². The van der Waals surface area contributed by atoms with Gasteiger partial charge in [0.15, 0.2) is 0 Å². The number of carbonyl (C=O) groups is 1. The number of hydrogen-bond donors (Lipinski definition) is 1. The molecule has 0 saturated carbocycles. The number of pyridine rings is 1. The fraction of sp³-hybridized carbons (Fsp3) is 0.455. The van der Waals surface area contributed by atoms with E-state index in [0.717, 1.165) is 5.69 Å². The Kier molecular flexibility index (Phi) is 3.81. The second kappa shape index (κ2) is 5.33. The Morgan fingerprint density at radius 3 is 3.24 bits per heavy atom. The van der Waals surface area contributed by atoms with E-state index in [-0.39, 0.29) is 11.9 Å². The highest BCUT2D eigenvalue weighted by molar-refractivity contribution is 6.29. The quantitative estimate of drug-likeness (QED) is 0.790. The minimum absolute atomic E-state index is 0.0577. The van der Waals surface area contributed by atoms with E-state index in [0.29, 0.717) is 24.9 Å². The van der Waals surface area contributed by atoms with Crippen molar-refractivity contribution in [2.45, 2.75) is 6.04 Å². The molecule has 1 N–H and O–H groups in total. The van der Waals surface area contributed by atoms with E-state index < -0.39 is 0 Å². The van der Waals surface area contributed by atoms with Gasteiger partial charge >= 0.3 is 0 Å². The van der Waals surface area contributed by atoms with Crippen molar-refractivity contribution in [3.8, 4) is 0 Å². The number of hydrogen-bond acceptors (Lipinski definition) is 4. The summed E-state index contributed by atoms with van der Waals surface area (Å²) < 4.78 is 5.34. The Morgan fingerprint density at radius 1 is 1.71 bits per heavy atom. The summed E-state index contributed by atoms with van der Waals surface area (Å²) in [5.41, 5.74) is 0.891. The average Bonchev–Trinajstić information content (AvgIpc) is 2.38. The van der Waals surface area contributed by atoms with Gasteiger partial charge in [-0.1, -0.05) is 11.6 Å². The van der Waals surface area contributed by atoms with Gasteiger partial charge in [-0.3, -0.25) is 4.79 Å². The van der Waals surface area contributed by atoms with Gasteiger partial charge in [0, 0.05) is 25.5 Å². The van der Waals surface area contributed by atoms with Crippen molar-refractivity contribution in [2.24, 2.45) is 0 Å². The number of rotatable bonds is 2. The van der Waals surface area contributed by atoms with Crippen LogP contribution in [0.25, 0.3) is 0 Å². The molecule has 1 saturated heterocycles. The van der Waals surface area contributed by atoms with Crippen LogP contribution in [0.3, 0.4) is 0 Å². The fourth-order valence-electron chi connectivity index (χ4n) is 1.87. The van der Waals surface area contributed by atoms with E-state index in [1.54, 1.807) is 19.3 Å². The summed E-state index contributed by atoms with van der Waals surface area (Å²) in [4.78, 5) is 17.7. The molecule has 5 nitrogen and oxygen atoms in total. The zero-order chi connectivity index (χ0) is 12.3. The Labute approximate surface area is 105 Å². The van der Waals surface area contributed by atoms with Crippen molar-refractivity contribution in [1.29, 1.82) is 0 Å². The molecule has 1 amide bonds. The molecule has 1 unspecified atom stereocenters. The predicted molar refractivity (Wildman–Crippen MR) is 65.3 cm³/mol. The van der Waals surface area contributed by atoms with Crippen LogP contribution in [-0.4, -0.2) is 43.7 Å². The highest BCUT2D eigenvalue weighted by Crippen LogP contribution is 2.21. The molecule has 2 heterocycles. The molecule has 2 rings (SSSR count). The monoisotopic (exact) mass is 255 g/mol. The number of morpholine rings is 1. The first-order chi connectivity index (χ1) is 8.22. The maximum atomic E-state index is 11.8. The molecule has 0 aliphatic carbocycles. The molecule has 17 heavy (non-hydrogen) atoms. The largest absolute Gasteiger partial charge is 0.377 e. The average molecular weight is 256 g/mol. The molecular weight excluding hydrogens is 242 g/mol. The molecule has 0 bridgehead atoms. The van der Waals surface area contributed by atoms with Crippen LogP contribution in [0.5, 0.6) is 0 Å². The first kappa shape index (κ1) is 12.1. The van der Waals surface area contributed by atoms with Crippen molar-refractivity contribution < 1.29 is 9.53 Å². The normalized spacial score (nSPS) is 20.1. The number of nitrogens with one attached hydrogen (secondary N) is 1. The predicted octanol–water partition coefficient (Wildman–Crippen LogP) is 0.686. The number of aromatic nitrogens is 1. The molecule has 1 aliphatic rings. The molecule has 0 radical (unpaired) electrons.